The summed E-state index contributed by atoms with van der Waals surface area (Å²) in [6, 6.07) is 3.82. The first-order chi connectivity index (χ1) is 10.2. The predicted octanol–water partition coefficient (Wildman–Crippen LogP) is 2.53. The highest BCUT2D eigenvalue weighted by atomic mass is 35.5. The topological polar surface area (TPSA) is 49.2 Å². The van der Waals surface area contributed by atoms with Gasteiger partial charge in [-0.1, -0.05) is 11.6 Å². The second-order valence-corrected chi connectivity index (χ2v) is 6.93. The molecule has 0 spiro atoms. The van der Waals surface area contributed by atoms with Crippen LogP contribution in [0.5, 0.6) is 0 Å². The molecule has 116 valence electrons. The molecule has 0 N–H and O–H groups in total. The van der Waals surface area contributed by atoms with Crippen LogP contribution in [0, 0.1) is 6.92 Å². The molecular weight excluding hydrogens is 300 g/mol. The Kier molecular flexibility index (Phi) is 3.59. The van der Waals surface area contributed by atoms with Gasteiger partial charge in [-0.3, -0.25) is 0 Å². The first-order valence-electron chi connectivity index (χ1n) is 7.23. The highest BCUT2D eigenvalue weighted by Crippen LogP contribution is 2.36. The Bertz CT molecular complexity index is 699. The van der Waals surface area contributed by atoms with Gasteiger partial charge in [0.05, 0.1) is 16.9 Å². The van der Waals surface area contributed by atoms with Crippen LogP contribution in [-0.2, 0) is 9.31 Å². The molecule has 1 saturated heterocycles. The van der Waals surface area contributed by atoms with Crippen molar-refractivity contribution in [2.75, 3.05) is 0 Å². The number of hydrogen-bond acceptors (Lipinski definition) is 4. The van der Waals surface area contributed by atoms with E-state index in [0.29, 0.717) is 10.8 Å². The number of aryl methyl sites for hydroxylation is 1. The second kappa shape index (κ2) is 5.08. The van der Waals surface area contributed by atoms with E-state index in [1.165, 1.54) is 0 Å². The molecule has 7 heteroatoms. The molecule has 2 aromatic heterocycles. The molecule has 3 heterocycles. The van der Waals surface area contributed by atoms with Gasteiger partial charge in [0.2, 0.25) is 0 Å². The monoisotopic (exact) mass is 319 g/mol. The summed E-state index contributed by atoms with van der Waals surface area (Å²) >= 11 is 6.21. The van der Waals surface area contributed by atoms with Crippen LogP contribution in [-0.4, -0.2) is 33.1 Å². The zero-order chi connectivity index (χ0) is 16.1. The van der Waals surface area contributed by atoms with Crippen LogP contribution in [0.25, 0.3) is 5.69 Å². The van der Waals surface area contributed by atoms with Crippen LogP contribution in [0.4, 0.5) is 0 Å². The lowest BCUT2D eigenvalue weighted by atomic mass is 9.80. The Balaban J connectivity index is 1.97. The largest absolute Gasteiger partial charge is 0.496 e. The quantitative estimate of drug-likeness (QED) is 0.630. The van der Waals surface area contributed by atoms with Crippen molar-refractivity contribution in [3.63, 3.8) is 0 Å². The van der Waals surface area contributed by atoms with Crippen LogP contribution < -0.4 is 5.46 Å². The number of aromatic nitrogens is 3. The van der Waals surface area contributed by atoms with E-state index < -0.39 is 7.12 Å². The number of halogens is 1. The van der Waals surface area contributed by atoms with Crippen LogP contribution >= 0.6 is 11.6 Å². The summed E-state index contributed by atoms with van der Waals surface area (Å²) in [7, 11) is -0.467. The third kappa shape index (κ3) is 2.55. The van der Waals surface area contributed by atoms with Crippen LogP contribution in [0.3, 0.4) is 0 Å². The van der Waals surface area contributed by atoms with E-state index in [2.05, 4.69) is 10.1 Å². The summed E-state index contributed by atoms with van der Waals surface area (Å²) < 4.78 is 13.8. The van der Waals surface area contributed by atoms with Gasteiger partial charge < -0.3 is 9.31 Å². The molecule has 0 aromatic carbocycles. The first-order valence-corrected chi connectivity index (χ1v) is 7.61. The van der Waals surface area contributed by atoms with E-state index >= 15 is 0 Å². The van der Waals surface area contributed by atoms with Crippen molar-refractivity contribution >= 4 is 24.2 Å². The van der Waals surface area contributed by atoms with Gasteiger partial charge in [-0.2, -0.15) is 5.10 Å². The number of hydrogen-bond donors (Lipinski definition) is 0. The van der Waals surface area contributed by atoms with Crippen LogP contribution in [0.15, 0.2) is 24.5 Å². The fourth-order valence-electron chi connectivity index (χ4n) is 2.27. The lowest BCUT2D eigenvalue weighted by molar-refractivity contribution is 0.00578. The highest BCUT2D eigenvalue weighted by Gasteiger charge is 2.51. The Morgan fingerprint density at radius 3 is 2.36 bits per heavy atom. The third-order valence-corrected chi connectivity index (χ3v) is 4.63. The van der Waals surface area contributed by atoms with E-state index in [-0.39, 0.29) is 11.2 Å². The highest BCUT2D eigenvalue weighted by molar-refractivity contribution is 6.62. The fraction of sp³-hybridized carbons (Fsp3) is 0.467. The van der Waals surface area contributed by atoms with Gasteiger partial charge >= 0.3 is 7.12 Å². The Morgan fingerprint density at radius 2 is 1.82 bits per heavy atom. The summed E-state index contributed by atoms with van der Waals surface area (Å²) in [5.74, 6) is 0. The summed E-state index contributed by atoms with van der Waals surface area (Å²) in [5.41, 5.74) is 1.67. The molecule has 0 saturated carbocycles. The van der Waals surface area contributed by atoms with E-state index in [9.17, 15) is 0 Å². The van der Waals surface area contributed by atoms with Gasteiger partial charge in [0.15, 0.2) is 5.15 Å². The Hall–Kier alpha value is -1.37. The van der Waals surface area contributed by atoms with Crippen LogP contribution in [0.1, 0.15) is 33.4 Å². The van der Waals surface area contributed by atoms with E-state index in [1.54, 1.807) is 10.9 Å². The molecule has 1 aliphatic heterocycles. The smallest absolute Gasteiger partial charge is 0.399 e. The van der Waals surface area contributed by atoms with Crippen LogP contribution in [0.2, 0.25) is 5.15 Å². The Labute approximate surface area is 135 Å². The standard InChI is InChI=1S/C15H19BClN3O2/c1-10-6-7-20(19-10)12-8-11(9-18-13(12)17)16-21-14(2,3)15(4,5)22-16/h6-9H,1-5H3. The molecule has 0 radical (unpaired) electrons. The summed E-state index contributed by atoms with van der Waals surface area (Å²) in [6.45, 7) is 10.0. The molecule has 5 nitrogen and oxygen atoms in total. The van der Waals surface area contributed by atoms with E-state index in [4.69, 9.17) is 20.9 Å². The van der Waals surface area contributed by atoms with Gasteiger partial charge in [0, 0.05) is 17.9 Å². The lowest BCUT2D eigenvalue weighted by Gasteiger charge is -2.32. The van der Waals surface area contributed by atoms with Gasteiger partial charge in [0.25, 0.3) is 0 Å². The van der Waals surface area contributed by atoms with Gasteiger partial charge in [-0.15, -0.1) is 0 Å². The van der Waals surface area contributed by atoms with Crippen molar-refractivity contribution in [1.29, 1.82) is 0 Å². The van der Waals surface area contributed by atoms with Crippen molar-refractivity contribution in [3.05, 3.63) is 35.4 Å². The summed E-state index contributed by atoms with van der Waals surface area (Å²) in [6.07, 6.45) is 3.54. The molecule has 22 heavy (non-hydrogen) atoms. The van der Waals surface area contributed by atoms with Crippen molar-refractivity contribution in [1.82, 2.24) is 14.8 Å². The first kappa shape index (κ1) is 15.5. The minimum Gasteiger partial charge on any atom is -0.399 e. The van der Waals surface area contributed by atoms with Crippen molar-refractivity contribution in [2.45, 2.75) is 45.8 Å². The average Bonchev–Trinajstić information content (AvgIpc) is 2.92. The molecule has 2 aromatic rings. The Morgan fingerprint density at radius 1 is 1.18 bits per heavy atom. The molecule has 1 fully saturated rings. The SMILES string of the molecule is Cc1ccn(-c2cc(B3OC(C)(C)C(C)(C)O3)cnc2Cl)n1. The molecule has 0 unspecified atom stereocenters. The zero-order valence-corrected chi connectivity index (χ0v) is 14.2. The number of rotatable bonds is 2. The second-order valence-electron chi connectivity index (χ2n) is 6.57. The molecule has 3 rings (SSSR count). The minimum atomic E-state index is -0.467. The summed E-state index contributed by atoms with van der Waals surface area (Å²) in [5, 5.41) is 4.77. The molecule has 0 amide bonds. The van der Waals surface area contributed by atoms with Crippen molar-refractivity contribution in [2.24, 2.45) is 0 Å². The molecule has 0 aliphatic carbocycles. The van der Waals surface area contributed by atoms with Gasteiger partial charge in [0.1, 0.15) is 5.69 Å². The molecule has 0 atom stereocenters. The molecule has 1 aliphatic rings. The van der Waals surface area contributed by atoms with Crippen molar-refractivity contribution in [3.8, 4) is 5.69 Å². The third-order valence-electron chi connectivity index (χ3n) is 4.34. The maximum absolute atomic E-state index is 6.21. The molecule has 0 bridgehead atoms. The molecular formula is C15H19BClN3O2. The summed E-state index contributed by atoms with van der Waals surface area (Å²) in [4.78, 5) is 4.25. The lowest BCUT2D eigenvalue weighted by Crippen LogP contribution is -2.41. The van der Waals surface area contributed by atoms with Gasteiger partial charge in [-0.25, -0.2) is 9.67 Å². The predicted molar refractivity (Wildman–Crippen MR) is 86.8 cm³/mol. The maximum Gasteiger partial charge on any atom is 0.496 e. The maximum atomic E-state index is 6.21. The van der Waals surface area contributed by atoms with Gasteiger partial charge in [-0.05, 0) is 46.8 Å². The number of pyridine rings is 1. The normalized spacial score (nSPS) is 19.6. The minimum absolute atomic E-state index is 0.389. The van der Waals surface area contributed by atoms with Crippen molar-refractivity contribution < 1.29 is 9.31 Å². The van der Waals surface area contributed by atoms with E-state index in [1.807, 2.05) is 52.9 Å². The fourth-order valence-corrected chi connectivity index (χ4v) is 2.46. The number of nitrogens with zero attached hydrogens (tertiary/aromatic N) is 3. The average molecular weight is 320 g/mol. The van der Waals surface area contributed by atoms with E-state index in [0.717, 1.165) is 11.2 Å². The zero-order valence-electron chi connectivity index (χ0n) is 13.4.